The van der Waals surface area contributed by atoms with Crippen LogP contribution in [-0.2, 0) is 13.1 Å². The molecule has 16 heavy (non-hydrogen) atoms. The molecule has 2 rings (SSSR count). The lowest BCUT2D eigenvalue weighted by atomic mass is 10.3. The van der Waals surface area contributed by atoms with Crippen molar-refractivity contribution in [1.29, 1.82) is 0 Å². The van der Waals surface area contributed by atoms with Gasteiger partial charge in [-0.25, -0.2) is 0 Å². The molecule has 0 unspecified atom stereocenters. The van der Waals surface area contributed by atoms with Crippen LogP contribution in [0, 0.1) is 13.8 Å². The van der Waals surface area contributed by atoms with Crippen molar-refractivity contribution in [2.45, 2.75) is 33.9 Å². The first-order valence-corrected chi connectivity index (χ1v) is 6.09. The minimum Gasteiger partial charge on any atom is -0.376 e. The molecular weight excluding hydrogens is 222 g/mol. The van der Waals surface area contributed by atoms with Crippen LogP contribution < -0.4 is 5.32 Å². The molecule has 0 bridgehead atoms. The molecule has 2 aromatic heterocycles. The average molecular weight is 237 g/mol. The minimum atomic E-state index is 0.702. The smallest absolute Gasteiger partial charge is 0.0946 e. The van der Waals surface area contributed by atoms with Gasteiger partial charge in [0.05, 0.1) is 29.3 Å². The zero-order valence-corrected chi connectivity index (χ0v) is 10.5. The van der Waals surface area contributed by atoms with E-state index in [2.05, 4.69) is 33.8 Å². The number of hydrogen-bond acceptors (Lipinski definition) is 5. The molecule has 0 aromatic carbocycles. The van der Waals surface area contributed by atoms with E-state index >= 15 is 0 Å². The Bertz CT molecular complexity index is 460. The van der Waals surface area contributed by atoms with Gasteiger partial charge in [0.2, 0.25) is 0 Å². The zero-order valence-electron chi connectivity index (χ0n) is 9.69. The number of nitrogens with one attached hydrogen (secondary N) is 1. The second-order valence-electron chi connectivity index (χ2n) is 3.61. The SMILES string of the molecule is CCn1nc(C)c(NCc2csnn2)c1C. The number of anilines is 1. The van der Waals surface area contributed by atoms with E-state index < -0.39 is 0 Å². The molecule has 0 aliphatic rings. The van der Waals surface area contributed by atoms with E-state index in [0.717, 1.165) is 23.6 Å². The summed E-state index contributed by atoms with van der Waals surface area (Å²) in [5, 5.41) is 13.8. The van der Waals surface area contributed by atoms with Crippen LogP contribution in [0.5, 0.6) is 0 Å². The second-order valence-corrected chi connectivity index (χ2v) is 4.22. The van der Waals surface area contributed by atoms with E-state index in [1.165, 1.54) is 17.2 Å². The van der Waals surface area contributed by atoms with Gasteiger partial charge < -0.3 is 5.32 Å². The summed E-state index contributed by atoms with van der Waals surface area (Å²) in [6, 6.07) is 0. The predicted molar refractivity (Wildman–Crippen MR) is 64.6 cm³/mol. The van der Waals surface area contributed by atoms with Gasteiger partial charge in [-0.2, -0.15) is 5.10 Å². The Balaban J connectivity index is 2.12. The monoisotopic (exact) mass is 237 g/mol. The lowest BCUT2D eigenvalue weighted by Gasteiger charge is -2.04. The molecule has 2 heterocycles. The molecule has 0 atom stereocenters. The van der Waals surface area contributed by atoms with Gasteiger partial charge in [0.1, 0.15) is 0 Å². The molecule has 0 aliphatic heterocycles. The minimum absolute atomic E-state index is 0.702. The molecular formula is C10H15N5S. The fourth-order valence-electron chi connectivity index (χ4n) is 1.70. The number of aromatic nitrogens is 4. The second kappa shape index (κ2) is 4.61. The molecule has 2 aromatic rings. The van der Waals surface area contributed by atoms with E-state index in [-0.39, 0.29) is 0 Å². The number of aryl methyl sites for hydroxylation is 2. The highest BCUT2D eigenvalue weighted by Gasteiger charge is 2.10. The summed E-state index contributed by atoms with van der Waals surface area (Å²) in [7, 11) is 0. The highest BCUT2D eigenvalue weighted by molar-refractivity contribution is 7.03. The molecule has 6 heteroatoms. The fraction of sp³-hybridized carbons (Fsp3) is 0.500. The Labute approximate surface area is 98.7 Å². The normalized spacial score (nSPS) is 10.7. The van der Waals surface area contributed by atoms with Crippen molar-refractivity contribution in [2.24, 2.45) is 0 Å². The standard InChI is InChI=1S/C10H15N5S/c1-4-15-8(3)10(7(2)13-15)11-5-9-6-16-14-12-9/h6,11H,4-5H2,1-3H3. The summed E-state index contributed by atoms with van der Waals surface area (Å²) in [6.07, 6.45) is 0. The van der Waals surface area contributed by atoms with Crippen LogP contribution in [0.15, 0.2) is 5.38 Å². The summed E-state index contributed by atoms with van der Waals surface area (Å²) < 4.78 is 5.83. The highest BCUT2D eigenvalue weighted by atomic mass is 32.1. The van der Waals surface area contributed by atoms with Gasteiger partial charge in [-0.1, -0.05) is 4.49 Å². The molecule has 86 valence electrons. The van der Waals surface area contributed by atoms with Gasteiger partial charge in [-0.15, -0.1) is 5.10 Å². The predicted octanol–water partition coefficient (Wildman–Crippen LogP) is 1.98. The maximum Gasteiger partial charge on any atom is 0.0946 e. The van der Waals surface area contributed by atoms with E-state index in [4.69, 9.17) is 0 Å². The van der Waals surface area contributed by atoms with Crippen molar-refractivity contribution in [3.63, 3.8) is 0 Å². The Morgan fingerprint density at radius 3 is 2.81 bits per heavy atom. The summed E-state index contributed by atoms with van der Waals surface area (Å²) >= 11 is 1.37. The summed E-state index contributed by atoms with van der Waals surface area (Å²) in [4.78, 5) is 0. The lowest BCUT2D eigenvalue weighted by Crippen LogP contribution is -2.03. The van der Waals surface area contributed by atoms with Crippen LogP contribution in [0.25, 0.3) is 0 Å². The average Bonchev–Trinajstić information content (AvgIpc) is 2.86. The Kier molecular flexibility index (Phi) is 3.19. The van der Waals surface area contributed by atoms with Crippen molar-refractivity contribution in [3.05, 3.63) is 22.5 Å². The van der Waals surface area contributed by atoms with E-state index in [1.54, 1.807) is 0 Å². The van der Waals surface area contributed by atoms with Crippen LogP contribution in [-0.4, -0.2) is 19.4 Å². The van der Waals surface area contributed by atoms with Gasteiger partial charge >= 0.3 is 0 Å². The maximum absolute atomic E-state index is 4.45. The molecule has 0 saturated carbocycles. The first-order valence-electron chi connectivity index (χ1n) is 5.26. The van der Waals surface area contributed by atoms with Gasteiger partial charge in [-0.3, -0.25) is 4.68 Å². The van der Waals surface area contributed by atoms with Crippen LogP contribution in [0.1, 0.15) is 24.0 Å². The largest absolute Gasteiger partial charge is 0.376 e. The molecule has 0 spiro atoms. The Morgan fingerprint density at radius 2 is 2.25 bits per heavy atom. The van der Waals surface area contributed by atoms with Crippen molar-refractivity contribution < 1.29 is 0 Å². The van der Waals surface area contributed by atoms with Crippen molar-refractivity contribution in [3.8, 4) is 0 Å². The highest BCUT2D eigenvalue weighted by Crippen LogP contribution is 2.19. The van der Waals surface area contributed by atoms with E-state index in [0.29, 0.717) is 6.54 Å². The summed E-state index contributed by atoms with van der Waals surface area (Å²) in [6.45, 7) is 7.78. The zero-order chi connectivity index (χ0) is 11.5. The topological polar surface area (TPSA) is 55.6 Å². The molecule has 0 aliphatic carbocycles. The third-order valence-electron chi connectivity index (χ3n) is 2.53. The number of hydrogen-bond donors (Lipinski definition) is 1. The van der Waals surface area contributed by atoms with Gasteiger partial charge in [-0.05, 0) is 32.3 Å². The van der Waals surface area contributed by atoms with Gasteiger partial charge in [0, 0.05) is 11.9 Å². The maximum atomic E-state index is 4.45. The molecule has 5 nitrogen and oxygen atoms in total. The van der Waals surface area contributed by atoms with Crippen molar-refractivity contribution >= 4 is 17.2 Å². The van der Waals surface area contributed by atoms with E-state index in [1.807, 2.05) is 17.0 Å². The first-order chi connectivity index (χ1) is 7.72. The molecule has 0 amide bonds. The fourth-order valence-corrected chi connectivity index (χ4v) is 2.15. The molecule has 0 saturated heterocycles. The number of nitrogens with zero attached hydrogens (tertiary/aromatic N) is 4. The Hall–Kier alpha value is -1.43. The third-order valence-corrected chi connectivity index (χ3v) is 3.09. The number of rotatable bonds is 4. The summed E-state index contributed by atoms with van der Waals surface area (Å²) in [5.41, 5.74) is 4.27. The lowest BCUT2D eigenvalue weighted by molar-refractivity contribution is 0.634. The Morgan fingerprint density at radius 1 is 1.44 bits per heavy atom. The quantitative estimate of drug-likeness (QED) is 0.883. The molecule has 0 radical (unpaired) electrons. The van der Waals surface area contributed by atoms with Crippen molar-refractivity contribution in [2.75, 3.05) is 5.32 Å². The van der Waals surface area contributed by atoms with Gasteiger partial charge in [0.25, 0.3) is 0 Å². The van der Waals surface area contributed by atoms with Crippen LogP contribution in [0.3, 0.4) is 0 Å². The first kappa shape index (κ1) is 11.1. The molecule has 0 fully saturated rings. The third kappa shape index (κ3) is 2.06. The van der Waals surface area contributed by atoms with E-state index in [9.17, 15) is 0 Å². The van der Waals surface area contributed by atoms with Crippen molar-refractivity contribution in [1.82, 2.24) is 19.4 Å². The van der Waals surface area contributed by atoms with Gasteiger partial charge in [0.15, 0.2) is 0 Å². The van der Waals surface area contributed by atoms with Crippen LogP contribution >= 0.6 is 11.5 Å². The van der Waals surface area contributed by atoms with Crippen LogP contribution in [0.4, 0.5) is 5.69 Å². The summed E-state index contributed by atoms with van der Waals surface area (Å²) in [5.74, 6) is 0. The van der Waals surface area contributed by atoms with Crippen LogP contribution in [0.2, 0.25) is 0 Å². The molecule has 1 N–H and O–H groups in total.